The van der Waals surface area contributed by atoms with Crippen molar-refractivity contribution in [1.82, 2.24) is 0 Å². The van der Waals surface area contributed by atoms with Crippen LogP contribution in [0.3, 0.4) is 0 Å². The Hall–Kier alpha value is -4.96. The van der Waals surface area contributed by atoms with Gasteiger partial charge in [0.1, 0.15) is 11.5 Å². The summed E-state index contributed by atoms with van der Waals surface area (Å²) in [5, 5.41) is 4.20. The number of ether oxygens (including phenoxy) is 2. The van der Waals surface area contributed by atoms with Crippen LogP contribution in [0.5, 0.6) is 23.0 Å². The topological polar surface area (TPSA) is 70.5 Å². The van der Waals surface area contributed by atoms with Gasteiger partial charge in [0.05, 0.1) is 11.4 Å². The van der Waals surface area contributed by atoms with Gasteiger partial charge in [-0.25, -0.2) is 0 Å². The van der Waals surface area contributed by atoms with Crippen molar-refractivity contribution in [2.24, 2.45) is 0 Å². The molecule has 37 heavy (non-hydrogen) atoms. The van der Waals surface area contributed by atoms with Gasteiger partial charge in [-0.05, 0) is 75.8 Å². The lowest BCUT2D eigenvalue weighted by Gasteiger charge is -2.13. The lowest BCUT2D eigenvalue weighted by molar-refractivity contribution is 0.490. The molecule has 0 aromatic heterocycles. The third-order valence-electron chi connectivity index (χ3n) is 7.08. The van der Waals surface area contributed by atoms with E-state index in [2.05, 4.69) is 36.4 Å². The minimum atomic E-state index is 0.622. The third-order valence-corrected chi connectivity index (χ3v) is 7.08. The summed E-state index contributed by atoms with van der Waals surface area (Å²) in [6, 6.07) is 36.5. The molecule has 4 nitrogen and oxygen atoms in total. The maximum absolute atomic E-state index is 6.34. The third kappa shape index (κ3) is 3.62. The fourth-order valence-corrected chi connectivity index (χ4v) is 5.27. The minimum Gasteiger partial charge on any atom is -0.455 e. The lowest BCUT2D eigenvalue weighted by Crippen LogP contribution is -1.94. The van der Waals surface area contributed by atoms with Crippen LogP contribution in [0, 0.1) is 0 Å². The molecule has 0 saturated carbocycles. The number of hydrogen-bond donors (Lipinski definition) is 2. The van der Waals surface area contributed by atoms with Gasteiger partial charge in [-0.3, -0.25) is 0 Å². The van der Waals surface area contributed by atoms with Gasteiger partial charge < -0.3 is 20.9 Å². The predicted molar refractivity (Wildman–Crippen MR) is 152 cm³/mol. The molecule has 4 N–H and O–H groups in total. The standard InChI is InChI=1S/C33H24N2O2/c34-30-15-9-20-5-1-3-7-28(20)32(30)36-24-11-13-26-22(18-24)17-23-19-25(12-14-27(23)26)37-33-29-8-4-2-6-21(29)10-16-31(33)35/h1-16,18-19H,17,34-35H2. The Balaban J connectivity index is 1.19. The molecule has 0 unspecified atom stereocenters. The maximum Gasteiger partial charge on any atom is 0.158 e. The van der Waals surface area contributed by atoms with E-state index in [1.54, 1.807) is 0 Å². The SMILES string of the molecule is Nc1ccc2ccccc2c1Oc1ccc2c(c1)Cc1cc(Oc3c(N)ccc4ccccc34)ccc1-2. The summed E-state index contributed by atoms with van der Waals surface area (Å²) in [5.41, 5.74) is 18.7. The van der Waals surface area contributed by atoms with Crippen molar-refractivity contribution in [2.75, 3.05) is 11.5 Å². The monoisotopic (exact) mass is 480 g/mol. The highest BCUT2D eigenvalue weighted by Gasteiger charge is 2.21. The van der Waals surface area contributed by atoms with Crippen LogP contribution in [-0.2, 0) is 6.42 Å². The second-order valence-electron chi connectivity index (χ2n) is 9.43. The zero-order valence-electron chi connectivity index (χ0n) is 20.1. The maximum atomic E-state index is 6.34. The summed E-state index contributed by atoms with van der Waals surface area (Å²) < 4.78 is 12.7. The highest BCUT2D eigenvalue weighted by atomic mass is 16.5. The molecule has 1 aliphatic carbocycles. The summed E-state index contributed by atoms with van der Waals surface area (Å²) >= 11 is 0. The molecular formula is C33H24N2O2. The summed E-state index contributed by atoms with van der Waals surface area (Å²) in [7, 11) is 0. The van der Waals surface area contributed by atoms with Crippen LogP contribution in [0.25, 0.3) is 32.7 Å². The van der Waals surface area contributed by atoms with E-state index in [0.717, 1.165) is 39.5 Å². The van der Waals surface area contributed by atoms with Crippen LogP contribution >= 0.6 is 0 Å². The van der Waals surface area contributed by atoms with E-state index in [4.69, 9.17) is 20.9 Å². The Morgan fingerprint density at radius 2 is 0.946 bits per heavy atom. The van der Waals surface area contributed by atoms with Gasteiger partial charge in [0, 0.05) is 10.8 Å². The van der Waals surface area contributed by atoms with E-state index in [1.807, 2.05) is 72.8 Å². The first-order valence-electron chi connectivity index (χ1n) is 12.3. The summed E-state index contributed by atoms with van der Waals surface area (Å²) in [6.07, 6.45) is 0.801. The predicted octanol–water partition coefficient (Wildman–Crippen LogP) is 8.31. The number of nitrogen functional groups attached to an aromatic ring is 2. The first-order chi connectivity index (χ1) is 18.1. The first-order valence-corrected chi connectivity index (χ1v) is 12.3. The van der Waals surface area contributed by atoms with Crippen LogP contribution in [0.15, 0.2) is 109 Å². The molecule has 0 heterocycles. The molecule has 4 heteroatoms. The minimum absolute atomic E-state index is 0.622. The van der Waals surface area contributed by atoms with Crippen molar-refractivity contribution in [3.05, 3.63) is 120 Å². The van der Waals surface area contributed by atoms with Crippen LogP contribution in [0.4, 0.5) is 11.4 Å². The van der Waals surface area contributed by atoms with Gasteiger partial charge >= 0.3 is 0 Å². The Labute approximate surface area is 214 Å². The summed E-state index contributed by atoms with van der Waals surface area (Å²) in [6.45, 7) is 0. The highest BCUT2D eigenvalue weighted by Crippen LogP contribution is 2.43. The zero-order chi connectivity index (χ0) is 24.9. The quantitative estimate of drug-likeness (QED) is 0.249. The first kappa shape index (κ1) is 21.3. The molecule has 1 aliphatic rings. The number of rotatable bonds is 4. The van der Waals surface area contributed by atoms with Gasteiger partial charge in [0.25, 0.3) is 0 Å². The summed E-state index contributed by atoms with van der Waals surface area (Å²) in [5.74, 6) is 2.93. The molecule has 0 radical (unpaired) electrons. The molecule has 6 aromatic carbocycles. The van der Waals surface area contributed by atoms with Gasteiger partial charge in [0.2, 0.25) is 0 Å². The van der Waals surface area contributed by atoms with E-state index in [-0.39, 0.29) is 0 Å². The van der Waals surface area contributed by atoms with Crippen LogP contribution in [-0.4, -0.2) is 0 Å². The largest absolute Gasteiger partial charge is 0.455 e. The second-order valence-corrected chi connectivity index (χ2v) is 9.43. The smallest absolute Gasteiger partial charge is 0.158 e. The van der Waals surface area contributed by atoms with E-state index < -0.39 is 0 Å². The Bertz CT molecular complexity index is 1710. The molecular weight excluding hydrogens is 456 g/mol. The molecule has 0 spiro atoms. The molecule has 0 bridgehead atoms. The van der Waals surface area contributed by atoms with Crippen LogP contribution in [0.2, 0.25) is 0 Å². The number of benzene rings is 6. The zero-order valence-corrected chi connectivity index (χ0v) is 20.1. The summed E-state index contributed by atoms with van der Waals surface area (Å²) in [4.78, 5) is 0. The molecule has 0 fully saturated rings. The van der Waals surface area contributed by atoms with Crippen molar-refractivity contribution in [3.8, 4) is 34.1 Å². The Morgan fingerprint density at radius 1 is 0.486 bits per heavy atom. The number of nitrogens with two attached hydrogens (primary N) is 2. The van der Waals surface area contributed by atoms with Crippen LogP contribution < -0.4 is 20.9 Å². The fourth-order valence-electron chi connectivity index (χ4n) is 5.27. The van der Waals surface area contributed by atoms with E-state index in [0.29, 0.717) is 22.9 Å². The van der Waals surface area contributed by atoms with Crippen LogP contribution in [0.1, 0.15) is 11.1 Å². The lowest BCUT2D eigenvalue weighted by atomic mass is 10.1. The van der Waals surface area contributed by atoms with Crippen molar-refractivity contribution in [3.63, 3.8) is 0 Å². The molecule has 178 valence electrons. The van der Waals surface area contributed by atoms with E-state index in [9.17, 15) is 0 Å². The van der Waals surface area contributed by atoms with Gasteiger partial charge in [-0.2, -0.15) is 0 Å². The average Bonchev–Trinajstić information content (AvgIpc) is 3.29. The number of hydrogen-bond acceptors (Lipinski definition) is 4. The molecule has 0 saturated heterocycles. The van der Waals surface area contributed by atoms with Crippen molar-refractivity contribution in [1.29, 1.82) is 0 Å². The van der Waals surface area contributed by atoms with Crippen molar-refractivity contribution < 1.29 is 9.47 Å². The number of fused-ring (bicyclic) bond motifs is 5. The molecule has 0 amide bonds. The van der Waals surface area contributed by atoms with E-state index in [1.165, 1.54) is 22.3 Å². The van der Waals surface area contributed by atoms with Gasteiger partial charge in [0.15, 0.2) is 11.5 Å². The average molecular weight is 481 g/mol. The molecule has 7 rings (SSSR count). The highest BCUT2D eigenvalue weighted by molar-refractivity contribution is 5.94. The Kier molecular flexibility index (Phi) is 4.79. The van der Waals surface area contributed by atoms with Crippen molar-refractivity contribution in [2.45, 2.75) is 6.42 Å². The fraction of sp³-hybridized carbons (Fsp3) is 0.0303. The van der Waals surface area contributed by atoms with E-state index >= 15 is 0 Å². The number of anilines is 2. The van der Waals surface area contributed by atoms with Gasteiger partial charge in [-0.1, -0.05) is 72.8 Å². The second kappa shape index (κ2) is 8.32. The Morgan fingerprint density at radius 3 is 1.43 bits per heavy atom. The molecule has 0 atom stereocenters. The molecule has 0 aliphatic heterocycles. The van der Waals surface area contributed by atoms with Gasteiger partial charge in [-0.15, -0.1) is 0 Å². The normalized spacial score (nSPS) is 11.9. The molecule has 6 aromatic rings. The van der Waals surface area contributed by atoms with Crippen molar-refractivity contribution >= 4 is 32.9 Å².